The first-order chi connectivity index (χ1) is 6.79. The second kappa shape index (κ2) is 3.92. The lowest BCUT2D eigenvalue weighted by molar-refractivity contribution is 0.173. The van der Waals surface area contributed by atoms with Crippen LogP contribution in [0.25, 0.3) is 0 Å². The van der Waals surface area contributed by atoms with E-state index in [0.717, 1.165) is 5.82 Å². The van der Waals surface area contributed by atoms with Crippen molar-refractivity contribution in [3.05, 3.63) is 24.4 Å². The van der Waals surface area contributed by atoms with E-state index >= 15 is 0 Å². The van der Waals surface area contributed by atoms with Crippen molar-refractivity contribution in [2.24, 2.45) is 0 Å². The van der Waals surface area contributed by atoms with Crippen LogP contribution in [0.5, 0.6) is 0 Å². The van der Waals surface area contributed by atoms with E-state index in [2.05, 4.69) is 4.98 Å². The molecular formula is C10H13FN2O. The summed E-state index contributed by atoms with van der Waals surface area (Å²) in [5.74, 6) is 0.783. The molecule has 1 aromatic heterocycles. The molecular weight excluding hydrogens is 183 g/mol. The third-order valence-corrected chi connectivity index (χ3v) is 2.49. The molecule has 2 unspecified atom stereocenters. The number of rotatable bonds is 2. The van der Waals surface area contributed by atoms with E-state index in [1.807, 2.05) is 30.1 Å². The number of likely N-dealkylation sites (N-methyl/N-ethyl adjacent to an activating group) is 1. The van der Waals surface area contributed by atoms with E-state index in [1.54, 1.807) is 6.20 Å². The zero-order valence-corrected chi connectivity index (χ0v) is 8.06. The van der Waals surface area contributed by atoms with Crippen LogP contribution >= 0.6 is 0 Å². The smallest absolute Gasteiger partial charge is 0.146 e. The fraction of sp³-hybridized carbons (Fsp3) is 0.500. The van der Waals surface area contributed by atoms with Crippen LogP contribution in [-0.4, -0.2) is 37.5 Å². The van der Waals surface area contributed by atoms with Crippen molar-refractivity contribution < 1.29 is 9.13 Å². The molecule has 14 heavy (non-hydrogen) atoms. The van der Waals surface area contributed by atoms with Crippen molar-refractivity contribution >= 4 is 5.82 Å². The number of nitrogens with zero attached hydrogens (tertiary/aromatic N) is 2. The Labute approximate surface area is 82.5 Å². The van der Waals surface area contributed by atoms with Crippen molar-refractivity contribution in [1.29, 1.82) is 0 Å². The van der Waals surface area contributed by atoms with Crippen LogP contribution in [0, 0.1) is 0 Å². The van der Waals surface area contributed by atoms with Crippen molar-refractivity contribution in [1.82, 2.24) is 4.98 Å². The van der Waals surface area contributed by atoms with Gasteiger partial charge in [-0.15, -0.1) is 0 Å². The highest BCUT2D eigenvalue weighted by molar-refractivity contribution is 5.38. The number of alkyl halides is 1. The number of hydrogen-bond acceptors (Lipinski definition) is 3. The summed E-state index contributed by atoms with van der Waals surface area (Å²) in [5, 5.41) is 0. The number of ether oxygens (including phenoxy) is 1. The van der Waals surface area contributed by atoms with Crippen LogP contribution in [0.1, 0.15) is 0 Å². The van der Waals surface area contributed by atoms with Gasteiger partial charge in [-0.2, -0.15) is 0 Å². The molecule has 1 aromatic rings. The van der Waals surface area contributed by atoms with Crippen LogP contribution in [0.15, 0.2) is 24.4 Å². The number of anilines is 1. The van der Waals surface area contributed by atoms with Gasteiger partial charge in [0.15, 0.2) is 0 Å². The topological polar surface area (TPSA) is 25.4 Å². The molecule has 3 nitrogen and oxygen atoms in total. The minimum atomic E-state index is -0.915. The highest BCUT2D eigenvalue weighted by atomic mass is 19.1. The molecule has 0 radical (unpaired) electrons. The van der Waals surface area contributed by atoms with Crippen molar-refractivity contribution in [2.75, 3.05) is 25.2 Å². The maximum Gasteiger partial charge on any atom is 0.146 e. The number of hydrogen-bond donors (Lipinski definition) is 0. The van der Waals surface area contributed by atoms with Gasteiger partial charge in [-0.3, -0.25) is 0 Å². The zero-order chi connectivity index (χ0) is 9.97. The largest absolute Gasteiger partial charge is 0.376 e. The quantitative estimate of drug-likeness (QED) is 0.712. The second-order valence-corrected chi connectivity index (χ2v) is 3.42. The first kappa shape index (κ1) is 9.40. The third kappa shape index (κ3) is 1.70. The Morgan fingerprint density at radius 3 is 2.93 bits per heavy atom. The Balaban J connectivity index is 2.12. The summed E-state index contributed by atoms with van der Waals surface area (Å²) in [5.41, 5.74) is 0. The first-order valence-electron chi connectivity index (χ1n) is 4.64. The zero-order valence-electron chi connectivity index (χ0n) is 8.06. The van der Waals surface area contributed by atoms with Gasteiger partial charge in [0, 0.05) is 13.2 Å². The molecule has 2 atom stereocenters. The molecule has 2 rings (SSSR count). The fourth-order valence-corrected chi connectivity index (χ4v) is 1.60. The standard InChI is InChI=1S/C10H13FN2O/c1-13(9-7-14-6-8(9)11)10-4-2-3-5-12-10/h2-5,8-9H,6-7H2,1H3. The molecule has 1 saturated heterocycles. The van der Waals surface area contributed by atoms with Gasteiger partial charge in [-0.1, -0.05) is 6.07 Å². The van der Waals surface area contributed by atoms with Crippen LogP contribution in [-0.2, 0) is 4.74 Å². The van der Waals surface area contributed by atoms with E-state index in [4.69, 9.17) is 4.74 Å². The van der Waals surface area contributed by atoms with Gasteiger partial charge >= 0.3 is 0 Å². The molecule has 1 fully saturated rings. The Morgan fingerprint density at radius 1 is 1.50 bits per heavy atom. The average molecular weight is 196 g/mol. The summed E-state index contributed by atoms with van der Waals surface area (Å²) >= 11 is 0. The van der Waals surface area contributed by atoms with Crippen LogP contribution in [0.4, 0.5) is 10.2 Å². The highest BCUT2D eigenvalue weighted by Gasteiger charge is 2.31. The Bertz CT molecular complexity index is 293. The van der Waals surface area contributed by atoms with Gasteiger partial charge in [-0.25, -0.2) is 9.37 Å². The molecule has 2 heterocycles. The molecule has 0 saturated carbocycles. The number of pyridine rings is 1. The van der Waals surface area contributed by atoms with E-state index in [0.29, 0.717) is 6.61 Å². The van der Waals surface area contributed by atoms with Crippen molar-refractivity contribution in [2.45, 2.75) is 12.2 Å². The number of aromatic nitrogens is 1. The summed E-state index contributed by atoms with van der Waals surface area (Å²) in [6.45, 7) is 0.635. The number of halogens is 1. The first-order valence-corrected chi connectivity index (χ1v) is 4.64. The molecule has 0 aromatic carbocycles. The summed E-state index contributed by atoms with van der Waals surface area (Å²) in [6.07, 6.45) is 0.788. The molecule has 1 aliphatic rings. The van der Waals surface area contributed by atoms with Crippen molar-refractivity contribution in [3.63, 3.8) is 0 Å². The van der Waals surface area contributed by atoms with Gasteiger partial charge in [0.25, 0.3) is 0 Å². The highest BCUT2D eigenvalue weighted by Crippen LogP contribution is 2.19. The van der Waals surface area contributed by atoms with E-state index in [9.17, 15) is 4.39 Å². The van der Waals surface area contributed by atoms with Crippen LogP contribution in [0.3, 0.4) is 0 Å². The molecule has 76 valence electrons. The lowest BCUT2D eigenvalue weighted by atomic mass is 10.2. The maximum absolute atomic E-state index is 13.3. The summed E-state index contributed by atoms with van der Waals surface area (Å²) in [7, 11) is 1.84. The van der Waals surface area contributed by atoms with Gasteiger partial charge in [0.05, 0.1) is 19.3 Å². The minimum Gasteiger partial charge on any atom is -0.376 e. The lowest BCUT2D eigenvalue weighted by Gasteiger charge is -2.25. The Hall–Kier alpha value is -1.16. The normalized spacial score (nSPS) is 26.4. The van der Waals surface area contributed by atoms with Gasteiger partial charge < -0.3 is 9.64 Å². The SMILES string of the molecule is CN(c1ccccn1)C1COCC1F. The molecule has 0 amide bonds. The van der Waals surface area contributed by atoms with E-state index < -0.39 is 6.17 Å². The van der Waals surface area contributed by atoms with Crippen LogP contribution < -0.4 is 4.90 Å². The summed E-state index contributed by atoms with van der Waals surface area (Å²) < 4.78 is 18.4. The predicted molar refractivity (Wildman–Crippen MR) is 52.1 cm³/mol. The minimum absolute atomic E-state index is 0.196. The monoisotopic (exact) mass is 196 g/mol. The molecule has 1 aliphatic heterocycles. The van der Waals surface area contributed by atoms with Crippen LogP contribution in [0.2, 0.25) is 0 Å². The van der Waals surface area contributed by atoms with Gasteiger partial charge in [0.1, 0.15) is 12.0 Å². The molecule has 4 heteroatoms. The Morgan fingerprint density at radius 2 is 2.36 bits per heavy atom. The third-order valence-electron chi connectivity index (χ3n) is 2.49. The van der Waals surface area contributed by atoms with Crippen molar-refractivity contribution in [3.8, 4) is 0 Å². The van der Waals surface area contributed by atoms with E-state index in [1.165, 1.54) is 0 Å². The summed E-state index contributed by atoms with van der Waals surface area (Å²) in [6, 6.07) is 5.40. The summed E-state index contributed by atoms with van der Waals surface area (Å²) in [4.78, 5) is 5.99. The molecule has 0 N–H and O–H groups in total. The van der Waals surface area contributed by atoms with Gasteiger partial charge in [0.2, 0.25) is 0 Å². The second-order valence-electron chi connectivity index (χ2n) is 3.42. The maximum atomic E-state index is 13.3. The predicted octanol–water partition coefficient (Wildman–Crippen LogP) is 1.25. The van der Waals surface area contributed by atoms with E-state index in [-0.39, 0.29) is 12.6 Å². The molecule has 0 bridgehead atoms. The Kier molecular flexibility index (Phi) is 2.63. The lowest BCUT2D eigenvalue weighted by Crippen LogP contribution is -2.39. The molecule has 0 aliphatic carbocycles. The van der Waals surface area contributed by atoms with Gasteiger partial charge in [-0.05, 0) is 12.1 Å². The fourth-order valence-electron chi connectivity index (χ4n) is 1.60. The molecule has 0 spiro atoms. The average Bonchev–Trinajstić information content (AvgIpc) is 2.65.